The lowest BCUT2D eigenvalue weighted by atomic mass is 9.88. The molecule has 0 saturated carbocycles. The van der Waals surface area contributed by atoms with Gasteiger partial charge in [-0.15, -0.1) is 0 Å². The van der Waals surface area contributed by atoms with Gasteiger partial charge in [0.25, 0.3) is 5.91 Å². The minimum atomic E-state index is -1.08. The van der Waals surface area contributed by atoms with Crippen LogP contribution in [0.2, 0.25) is 0 Å². The van der Waals surface area contributed by atoms with Gasteiger partial charge in [0.15, 0.2) is 0 Å². The second-order valence-electron chi connectivity index (χ2n) is 6.71. The molecule has 0 saturated heterocycles. The summed E-state index contributed by atoms with van der Waals surface area (Å²) in [7, 11) is 0. The molecule has 0 spiro atoms. The fourth-order valence-electron chi connectivity index (χ4n) is 3.37. The predicted octanol–water partition coefficient (Wildman–Crippen LogP) is 5.48. The van der Waals surface area contributed by atoms with Gasteiger partial charge in [-0.2, -0.15) is 4.99 Å². The fraction of sp³-hybridized carbons (Fsp3) is 0.167. The average Bonchev–Trinajstić information content (AvgIpc) is 3.08. The molecule has 0 aliphatic carbocycles. The molecule has 0 bridgehead atoms. The molecule has 0 aromatic heterocycles. The zero-order chi connectivity index (χ0) is 19.4. The first kappa shape index (κ1) is 18.0. The molecule has 3 aromatic rings. The lowest BCUT2D eigenvalue weighted by molar-refractivity contribution is -0.132. The van der Waals surface area contributed by atoms with Crippen molar-refractivity contribution in [2.45, 2.75) is 25.4 Å². The smallest absolute Gasteiger partial charge is 0.297 e. The van der Waals surface area contributed by atoms with Crippen molar-refractivity contribution >= 4 is 11.8 Å². The third-order valence-corrected chi connectivity index (χ3v) is 4.74. The van der Waals surface area contributed by atoms with Crippen molar-refractivity contribution in [3.8, 4) is 11.5 Å². The monoisotopic (exact) mass is 371 g/mol. The van der Waals surface area contributed by atoms with Crippen LogP contribution in [0.5, 0.6) is 11.5 Å². The van der Waals surface area contributed by atoms with Crippen molar-refractivity contribution in [2.75, 3.05) is 0 Å². The van der Waals surface area contributed by atoms with E-state index < -0.39 is 5.60 Å². The Morgan fingerprint density at radius 2 is 1.46 bits per heavy atom. The summed E-state index contributed by atoms with van der Waals surface area (Å²) in [6, 6.07) is 26.6. The van der Waals surface area contributed by atoms with Crippen LogP contribution in [0.15, 0.2) is 89.9 Å². The molecule has 3 aromatic carbocycles. The van der Waals surface area contributed by atoms with E-state index in [4.69, 9.17) is 9.47 Å². The van der Waals surface area contributed by atoms with Crippen LogP contribution in [0.3, 0.4) is 0 Å². The van der Waals surface area contributed by atoms with Crippen LogP contribution in [0.25, 0.3) is 0 Å². The van der Waals surface area contributed by atoms with Gasteiger partial charge in [-0.05, 0) is 36.4 Å². The normalized spacial score (nSPS) is 18.5. The molecule has 0 fully saturated rings. The maximum atomic E-state index is 12.9. The number of benzene rings is 3. The number of ether oxygens (including phenoxy) is 2. The van der Waals surface area contributed by atoms with E-state index in [2.05, 4.69) is 4.99 Å². The highest BCUT2D eigenvalue weighted by Crippen LogP contribution is 2.38. The lowest BCUT2D eigenvalue weighted by Gasteiger charge is -2.27. The van der Waals surface area contributed by atoms with E-state index in [1.165, 1.54) is 0 Å². The van der Waals surface area contributed by atoms with Crippen LogP contribution in [-0.4, -0.2) is 11.8 Å². The van der Waals surface area contributed by atoms with Gasteiger partial charge in [-0.25, -0.2) is 0 Å². The van der Waals surface area contributed by atoms with Crippen molar-refractivity contribution in [1.82, 2.24) is 0 Å². The standard InChI is InChI=1S/C24H21NO3/c1-2-17-24(23(26)25-22(28-24)18-9-5-3-6-10-18)19-13-15-21(16-14-19)27-20-11-7-4-8-12-20/h3-16H,2,17H2,1H3/t24-/m1/s1. The van der Waals surface area contributed by atoms with Crippen LogP contribution in [-0.2, 0) is 15.1 Å². The summed E-state index contributed by atoms with van der Waals surface area (Å²) < 4.78 is 12.0. The predicted molar refractivity (Wildman–Crippen MR) is 109 cm³/mol. The number of nitrogens with zero attached hydrogens (tertiary/aromatic N) is 1. The highest BCUT2D eigenvalue weighted by atomic mass is 16.5. The molecule has 1 heterocycles. The Hall–Kier alpha value is -3.40. The summed E-state index contributed by atoms with van der Waals surface area (Å²) in [4.78, 5) is 17.1. The molecule has 1 aliphatic rings. The van der Waals surface area contributed by atoms with E-state index >= 15 is 0 Å². The van der Waals surface area contributed by atoms with Gasteiger partial charge < -0.3 is 9.47 Å². The lowest BCUT2D eigenvalue weighted by Crippen LogP contribution is -2.34. The summed E-state index contributed by atoms with van der Waals surface area (Å²) in [6.07, 6.45) is 1.36. The zero-order valence-corrected chi connectivity index (χ0v) is 15.7. The second kappa shape index (κ2) is 7.69. The van der Waals surface area contributed by atoms with Gasteiger partial charge in [-0.3, -0.25) is 4.79 Å². The van der Waals surface area contributed by atoms with E-state index in [0.29, 0.717) is 18.1 Å². The minimum Gasteiger partial charge on any atom is -0.457 e. The Kier molecular flexibility index (Phi) is 4.94. The number of hydrogen-bond donors (Lipinski definition) is 0. The third kappa shape index (κ3) is 3.41. The average molecular weight is 371 g/mol. The number of carbonyl (C=O) groups is 1. The Labute approximate surface area is 164 Å². The number of carbonyl (C=O) groups excluding carboxylic acids is 1. The summed E-state index contributed by atoms with van der Waals surface area (Å²) in [5, 5.41) is 0. The van der Waals surface area contributed by atoms with Crippen LogP contribution >= 0.6 is 0 Å². The highest BCUT2D eigenvalue weighted by molar-refractivity contribution is 6.09. The molecule has 0 unspecified atom stereocenters. The molecule has 140 valence electrons. The van der Waals surface area contributed by atoms with Crippen LogP contribution < -0.4 is 4.74 Å². The Morgan fingerprint density at radius 3 is 2.11 bits per heavy atom. The molecular weight excluding hydrogens is 350 g/mol. The number of aliphatic imine (C=N–C) groups is 1. The molecular formula is C24H21NO3. The number of rotatable bonds is 6. The first-order valence-corrected chi connectivity index (χ1v) is 9.42. The summed E-state index contributed by atoms with van der Waals surface area (Å²) in [5.74, 6) is 1.59. The van der Waals surface area contributed by atoms with Gasteiger partial charge >= 0.3 is 0 Å². The quantitative estimate of drug-likeness (QED) is 0.577. The first-order chi connectivity index (χ1) is 13.7. The Balaban J connectivity index is 1.61. The van der Waals surface area contributed by atoms with Crippen molar-refractivity contribution in [2.24, 2.45) is 4.99 Å². The first-order valence-electron chi connectivity index (χ1n) is 9.42. The molecule has 1 atom stereocenters. The van der Waals surface area contributed by atoms with Crippen molar-refractivity contribution in [3.63, 3.8) is 0 Å². The summed E-state index contributed by atoms with van der Waals surface area (Å²) in [5.41, 5.74) is 0.512. The summed E-state index contributed by atoms with van der Waals surface area (Å²) >= 11 is 0. The van der Waals surface area contributed by atoms with Gasteiger partial charge in [0.05, 0.1) is 0 Å². The number of amides is 1. The van der Waals surface area contributed by atoms with E-state index in [9.17, 15) is 4.79 Å². The van der Waals surface area contributed by atoms with Gasteiger partial charge in [0.2, 0.25) is 11.5 Å². The molecule has 1 amide bonds. The van der Waals surface area contributed by atoms with Gasteiger partial charge in [-0.1, -0.05) is 61.9 Å². The second-order valence-corrected chi connectivity index (χ2v) is 6.71. The van der Waals surface area contributed by atoms with Crippen molar-refractivity contribution in [1.29, 1.82) is 0 Å². The molecule has 4 heteroatoms. The van der Waals surface area contributed by atoms with E-state index in [0.717, 1.165) is 23.3 Å². The third-order valence-electron chi connectivity index (χ3n) is 4.74. The van der Waals surface area contributed by atoms with Gasteiger partial charge in [0.1, 0.15) is 11.5 Å². The van der Waals surface area contributed by atoms with Crippen molar-refractivity contribution < 1.29 is 14.3 Å². The maximum absolute atomic E-state index is 12.9. The van der Waals surface area contributed by atoms with Crippen LogP contribution in [0, 0.1) is 0 Å². The number of para-hydroxylation sites is 1. The Bertz CT molecular complexity index is 981. The zero-order valence-electron chi connectivity index (χ0n) is 15.7. The molecule has 0 N–H and O–H groups in total. The van der Waals surface area contributed by atoms with Gasteiger partial charge in [0, 0.05) is 17.5 Å². The minimum absolute atomic E-state index is 0.259. The molecule has 28 heavy (non-hydrogen) atoms. The SMILES string of the molecule is CCC[C@]1(c2ccc(Oc3ccccc3)cc2)OC(c2ccccc2)=NC1=O. The fourth-order valence-corrected chi connectivity index (χ4v) is 3.37. The summed E-state index contributed by atoms with van der Waals surface area (Å²) in [6.45, 7) is 2.03. The number of hydrogen-bond acceptors (Lipinski definition) is 3. The molecule has 0 radical (unpaired) electrons. The largest absolute Gasteiger partial charge is 0.457 e. The topological polar surface area (TPSA) is 47.9 Å². The van der Waals surface area contributed by atoms with Crippen LogP contribution in [0.4, 0.5) is 0 Å². The van der Waals surface area contributed by atoms with E-state index in [1.807, 2.05) is 91.9 Å². The molecule has 1 aliphatic heterocycles. The molecule has 4 nitrogen and oxygen atoms in total. The maximum Gasteiger partial charge on any atom is 0.297 e. The molecule has 4 rings (SSSR count). The highest BCUT2D eigenvalue weighted by Gasteiger charge is 2.47. The van der Waals surface area contributed by atoms with E-state index in [1.54, 1.807) is 0 Å². The van der Waals surface area contributed by atoms with Crippen LogP contribution in [0.1, 0.15) is 30.9 Å². The van der Waals surface area contributed by atoms with E-state index in [-0.39, 0.29) is 5.91 Å². The Morgan fingerprint density at radius 1 is 0.857 bits per heavy atom. The van der Waals surface area contributed by atoms with Crippen molar-refractivity contribution in [3.05, 3.63) is 96.1 Å².